The number of hydrogen-bond acceptors (Lipinski definition) is 4. The third-order valence-corrected chi connectivity index (χ3v) is 4.15. The van der Waals surface area contributed by atoms with Gasteiger partial charge < -0.3 is 10.2 Å². The maximum atomic E-state index is 12.3. The van der Waals surface area contributed by atoms with Gasteiger partial charge in [0.1, 0.15) is 5.56 Å². The van der Waals surface area contributed by atoms with Gasteiger partial charge in [0.15, 0.2) is 0 Å². The molecule has 1 aliphatic rings. The number of hydrogen-bond donors (Lipinski definition) is 1. The molecular weight excluding hydrogens is 346 g/mol. The van der Waals surface area contributed by atoms with Gasteiger partial charge in [-0.15, -0.1) is 0 Å². The molecule has 1 saturated heterocycles. The van der Waals surface area contributed by atoms with Crippen LogP contribution in [0.15, 0.2) is 42.5 Å². The van der Waals surface area contributed by atoms with E-state index in [2.05, 4.69) is 5.32 Å². The first-order chi connectivity index (χ1) is 12.0. The van der Waals surface area contributed by atoms with Crippen LogP contribution in [0.5, 0.6) is 0 Å². The summed E-state index contributed by atoms with van der Waals surface area (Å²) >= 11 is 5.75. The number of nitrogens with zero attached hydrogens (tertiary/aromatic N) is 2. The molecule has 0 spiro atoms. The maximum absolute atomic E-state index is 12.3. The third kappa shape index (κ3) is 3.61. The van der Waals surface area contributed by atoms with Crippen molar-refractivity contribution < 1.29 is 14.5 Å². The first-order valence-corrected chi connectivity index (χ1v) is 7.99. The highest BCUT2D eigenvalue weighted by molar-refractivity contribution is 6.31. The topological polar surface area (TPSA) is 92.6 Å². The van der Waals surface area contributed by atoms with Crippen LogP contribution in [0.3, 0.4) is 0 Å². The Bertz CT molecular complexity index is 851. The van der Waals surface area contributed by atoms with Crippen LogP contribution in [-0.2, 0) is 4.79 Å². The van der Waals surface area contributed by atoms with Crippen molar-refractivity contribution in [3.8, 4) is 0 Å². The Morgan fingerprint density at radius 3 is 2.52 bits per heavy atom. The molecule has 128 valence electrons. The van der Waals surface area contributed by atoms with Crippen molar-refractivity contribution in [1.29, 1.82) is 0 Å². The summed E-state index contributed by atoms with van der Waals surface area (Å²) in [5.41, 5.74) is 0.806. The van der Waals surface area contributed by atoms with Gasteiger partial charge in [-0.3, -0.25) is 19.7 Å². The molecule has 1 fully saturated rings. The number of nitrogens with one attached hydrogen (secondary N) is 1. The third-order valence-electron chi connectivity index (χ3n) is 3.91. The minimum absolute atomic E-state index is 0.0757. The van der Waals surface area contributed by atoms with Gasteiger partial charge in [0.2, 0.25) is 5.91 Å². The second kappa shape index (κ2) is 6.90. The number of nitro groups is 1. The normalized spacial score (nSPS) is 13.8. The first kappa shape index (κ1) is 16.9. The van der Waals surface area contributed by atoms with E-state index in [0.29, 0.717) is 18.7 Å². The highest BCUT2D eigenvalue weighted by Crippen LogP contribution is 2.26. The van der Waals surface area contributed by atoms with Gasteiger partial charge in [0, 0.05) is 35.4 Å². The van der Waals surface area contributed by atoms with Gasteiger partial charge in [-0.1, -0.05) is 11.6 Å². The van der Waals surface area contributed by atoms with E-state index in [1.165, 1.54) is 12.1 Å². The lowest BCUT2D eigenvalue weighted by Crippen LogP contribution is -2.23. The number of benzene rings is 2. The minimum Gasteiger partial charge on any atom is -0.322 e. The van der Waals surface area contributed by atoms with Crippen molar-refractivity contribution in [3.05, 3.63) is 63.2 Å². The van der Waals surface area contributed by atoms with E-state index >= 15 is 0 Å². The van der Waals surface area contributed by atoms with Crippen molar-refractivity contribution in [2.24, 2.45) is 0 Å². The minimum atomic E-state index is -0.650. The largest absolute Gasteiger partial charge is 0.322 e. The Labute approximate surface area is 148 Å². The fourth-order valence-electron chi connectivity index (χ4n) is 2.69. The van der Waals surface area contributed by atoms with Crippen LogP contribution in [0.4, 0.5) is 17.1 Å². The van der Waals surface area contributed by atoms with Crippen molar-refractivity contribution in [2.45, 2.75) is 12.8 Å². The van der Waals surface area contributed by atoms with Crippen molar-refractivity contribution in [3.63, 3.8) is 0 Å². The van der Waals surface area contributed by atoms with Crippen molar-refractivity contribution in [1.82, 2.24) is 0 Å². The fraction of sp³-hybridized carbons (Fsp3) is 0.176. The summed E-state index contributed by atoms with van der Waals surface area (Å²) in [6, 6.07) is 10.6. The molecule has 2 aromatic rings. The summed E-state index contributed by atoms with van der Waals surface area (Å²) in [6.07, 6.45) is 1.37. The average molecular weight is 360 g/mol. The first-order valence-electron chi connectivity index (χ1n) is 7.61. The Balaban J connectivity index is 1.77. The molecule has 0 aromatic heterocycles. The number of amides is 2. The average Bonchev–Trinajstić information content (AvgIpc) is 3.01. The van der Waals surface area contributed by atoms with Crippen molar-refractivity contribution in [2.75, 3.05) is 16.8 Å². The van der Waals surface area contributed by atoms with Crippen LogP contribution in [-0.4, -0.2) is 23.3 Å². The van der Waals surface area contributed by atoms with Crippen LogP contribution in [0.25, 0.3) is 0 Å². The van der Waals surface area contributed by atoms with Gasteiger partial charge in [0.25, 0.3) is 11.6 Å². The van der Waals surface area contributed by atoms with Gasteiger partial charge >= 0.3 is 0 Å². The molecule has 1 N–H and O–H groups in total. The van der Waals surface area contributed by atoms with E-state index in [1.807, 2.05) is 0 Å². The lowest BCUT2D eigenvalue weighted by atomic mass is 10.1. The second-order valence-corrected chi connectivity index (χ2v) is 6.00. The Hall–Kier alpha value is -2.93. The number of rotatable bonds is 4. The van der Waals surface area contributed by atoms with Crippen molar-refractivity contribution >= 4 is 40.5 Å². The quantitative estimate of drug-likeness (QED) is 0.666. The molecule has 25 heavy (non-hydrogen) atoms. The standard InChI is InChI=1S/C17H14ClN3O4/c18-11-3-8-14(15(10-11)21(24)25)17(23)19-12-4-6-13(7-5-12)20-9-1-2-16(20)22/h3-8,10H,1-2,9H2,(H,19,23). The van der Waals surface area contributed by atoms with E-state index in [1.54, 1.807) is 29.2 Å². The number of nitro benzene ring substituents is 1. The molecule has 3 rings (SSSR count). The summed E-state index contributed by atoms with van der Waals surface area (Å²) in [5.74, 6) is -0.526. The fourth-order valence-corrected chi connectivity index (χ4v) is 2.86. The van der Waals surface area contributed by atoms with Crippen LogP contribution in [0, 0.1) is 10.1 Å². The maximum Gasteiger partial charge on any atom is 0.283 e. The van der Waals surface area contributed by atoms with E-state index in [4.69, 9.17) is 11.6 Å². The second-order valence-electron chi connectivity index (χ2n) is 5.57. The van der Waals surface area contributed by atoms with Crippen LogP contribution in [0.2, 0.25) is 5.02 Å². The number of carbonyl (C=O) groups is 2. The van der Waals surface area contributed by atoms with Gasteiger partial charge in [-0.25, -0.2) is 0 Å². The Morgan fingerprint density at radius 2 is 1.92 bits per heavy atom. The molecule has 0 radical (unpaired) electrons. The summed E-state index contributed by atoms with van der Waals surface area (Å²) in [7, 11) is 0. The predicted molar refractivity (Wildman–Crippen MR) is 94.1 cm³/mol. The zero-order chi connectivity index (χ0) is 18.0. The lowest BCUT2D eigenvalue weighted by Gasteiger charge is -2.16. The summed E-state index contributed by atoms with van der Waals surface area (Å²) < 4.78 is 0. The molecule has 7 nitrogen and oxygen atoms in total. The highest BCUT2D eigenvalue weighted by atomic mass is 35.5. The molecule has 0 saturated carbocycles. The molecule has 1 aliphatic heterocycles. The molecule has 2 aromatic carbocycles. The zero-order valence-electron chi connectivity index (χ0n) is 13.1. The molecule has 0 atom stereocenters. The van der Waals surface area contributed by atoms with Crippen LogP contribution >= 0.6 is 11.6 Å². The molecule has 2 amide bonds. The molecule has 0 unspecified atom stereocenters. The summed E-state index contributed by atoms with van der Waals surface area (Å²) in [6.45, 7) is 0.682. The Morgan fingerprint density at radius 1 is 1.20 bits per heavy atom. The Kier molecular flexibility index (Phi) is 4.67. The molecule has 0 bridgehead atoms. The van der Waals surface area contributed by atoms with Crippen LogP contribution < -0.4 is 10.2 Å². The van der Waals surface area contributed by atoms with E-state index < -0.39 is 10.8 Å². The molecule has 8 heteroatoms. The van der Waals surface area contributed by atoms with E-state index in [-0.39, 0.29) is 22.2 Å². The smallest absolute Gasteiger partial charge is 0.283 e. The summed E-state index contributed by atoms with van der Waals surface area (Å²) in [5, 5.41) is 13.9. The zero-order valence-corrected chi connectivity index (χ0v) is 13.8. The van der Waals surface area contributed by atoms with Gasteiger partial charge in [0.05, 0.1) is 4.92 Å². The monoisotopic (exact) mass is 359 g/mol. The number of halogens is 1. The number of carbonyl (C=O) groups excluding carboxylic acids is 2. The molecule has 0 aliphatic carbocycles. The predicted octanol–water partition coefficient (Wildman–Crippen LogP) is 3.63. The lowest BCUT2D eigenvalue weighted by molar-refractivity contribution is -0.385. The van der Waals surface area contributed by atoms with E-state index in [9.17, 15) is 19.7 Å². The highest BCUT2D eigenvalue weighted by Gasteiger charge is 2.22. The molecule has 1 heterocycles. The summed E-state index contributed by atoms with van der Waals surface area (Å²) in [4.78, 5) is 36.2. The molecular formula is C17H14ClN3O4. The number of anilines is 2. The van der Waals surface area contributed by atoms with Crippen LogP contribution in [0.1, 0.15) is 23.2 Å². The van der Waals surface area contributed by atoms with Gasteiger partial charge in [-0.2, -0.15) is 0 Å². The van der Waals surface area contributed by atoms with Gasteiger partial charge in [-0.05, 0) is 42.8 Å². The SMILES string of the molecule is O=C(Nc1ccc(N2CCCC2=O)cc1)c1ccc(Cl)cc1[N+](=O)[O-]. The van der Waals surface area contributed by atoms with E-state index in [0.717, 1.165) is 18.2 Å².